The third kappa shape index (κ3) is 4.22. The maximum atomic E-state index is 13.2. The van der Waals surface area contributed by atoms with Crippen LogP contribution in [0.1, 0.15) is 45.1 Å². The molecule has 4 rings (SSSR count). The molecule has 1 N–H and O–H groups in total. The number of hydrogen-bond donors (Lipinski definition) is 1. The molecule has 3 amide bonds. The largest absolute Gasteiger partial charge is 0.454 e. The molecule has 0 bridgehead atoms. The third-order valence-electron chi connectivity index (χ3n) is 6.01. The van der Waals surface area contributed by atoms with Crippen LogP contribution in [0.5, 0.6) is 11.5 Å². The minimum atomic E-state index is -0.441. The molecular formula is C22H29N3O5. The molecular weight excluding hydrogens is 386 g/mol. The average Bonchev–Trinajstić information content (AvgIpc) is 3.34. The second-order valence-corrected chi connectivity index (χ2v) is 8.53. The van der Waals surface area contributed by atoms with Crippen LogP contribution in [0.4, 0.5) is 0 Å². The van der Waals surface area contributed by atoms with E-state index in [0.29, 0.717) is 56.8 Å². The number of nitrogens with one attached hydrogen (secondary N) is 1. The first-order chi connectivity index (χ1) is 14.4. The van der Waals surface area contributed by atoms with Gasteiger partial charge in [0.1, 0.15) is 6.04 Å². The molecule has 2 saturated heterocycles. The van der Waals surface area contributed by atoms with Gasteiger partial charge in [-0.2, -0.15) is 0 Å². The van der Waals surface area contributed by atoms with Crippen LogP contribution in [-0.2, 0) is 20.9 Å². The molecule has 3 aliphatic heterocycles. The van der Waals surface area contributed by atoms with Crippen molar-refractivity contribution in [3.8, 4) is 11.5 Å². The summed E-state index contributed by atoms with van der Waals surface area (Å²) < 4.78 is 10.8. The Morgan fingerprint density at radius 3 is 2.60 bits per heavy atom. The molecule has 0 saturated carbocycles. The molecule has 0 spiro atoms. The summed E-state index contributed by atoms with van der Waals surface area (Å²) in [5.41, 5.74) is 0.913. The Labute approximate surface area is 176 Å². The number of ether oxygens (including phenoxy) is 2. The molecule has 8 nitrogen and oxygen atoms in total. The Balaban J connectivity index is 1.37. The van der Waals surface area contributed by atoms with Gasteiger partial charge in [0, 0.05) is 38.0 Å². The number of benzene rings is 1. The molecule has 162 valence electrons. The predicted molar refractivity (Wildman–Crippen MR) is 109 cm³/mol. The number of rotatable bonds is 5. The second kappa shape index (κ2) is 8.53. The highest BCUT2D eigenvalue weighted by molar-refractivity contribution is 5.91. The Morgan fingerprint density at radius 1 is 1.13 bits per heavy atom. The maximum absolute atomic E-state index is 13.2. The summed E-state index contributed by atoms with van der Waals surface area (Å²) in [6, 6.07) is 5.28. The fourth-order valence-electron chi connectivity index (χ4n) is 4.40. The number of piperidine rings is 1. The third-order valence-corrected chi connectivity index (χ3v) is 6.01. The van der Waals surface area contributed by atoms with Crippen LogP contribution < -0.4 is 14.8 Å². The van der Waals surface area contributed by atoms with Crippen LogP contribution in [0.25, 0.3) is 0 Å². The lowest BCUT2D eigenvalue weighted by Crippen LogP contribution is -2.50. The van der Waals surface area contributed by atoms with Crippen molar-refractivity contribution >= 4 is 17.7 Å². The van der Waals surface area contributed by atoms with Crippen LogP contribution in [0.2, 0.25) is 0 Å². The minimum absolute atomic E-state index is 0.00258. The van der Waals surface area contributed by atoms with Crippen molar-refractivity contribution in [3.63, 3.8) is 0 Å². The van der Waals surface area contributed by atoms with Gasteiger partial charge in [0.2, 0.25) is 24.5 Å². The number of amides is 3. The van der Waals surface area contributed by atoms with E-state index in [0.717, 1.165) is 5.56 Å². The van der Waals surface area contributed by atoms with Gasteiger partial charge in [-0.3, -0.25) is 14.4 Å². The molecule has 2 fully saturated rings. The molecule has 30 heavy (non-hydrogen) atoms. The lowest BCUT2D eigenvalue weighted by atomic mass is 9.95. The van der Waals surface area contributed by atoms with Crippen molar-refractivity contribution in [3.05, 3.63) is 23.8 Å². The zero-order valence-corrected chi connectivity index (χ0v) is 17.6. The molecule has 3 aliphatic rings. The predicted octanol–water partition coefficient (Wildman–Crippen LogP) is 1.67. The molecule has 0 aliphatic carbocycles. The number of nitrogens with zero attached hydrogens (tertiary/aromatic N) is 2. The Hall–Kier alpha value is -2.77. The van der Waals surface area contributed by atoms with Crippen molar-refractivity contribution in [2.45, 2.75) is 58.2 Å². The molecule has 0 aromatic heterocycles. The monoisotopic (exact) mass is 415 g/mol. The number of carbonyl (C=O) groups excluding carboxylic acids is 3. The van der Waals surface area contributed by atoms with Gasteiger partial charge in [-0.1, -0.05) is 6.07 Å². The smallest absolute Gasteiger partial charge is 0.245 e. The fourth-order valence-corrected chi connectivity index (χ4v) is 4.40. The quantitative estimate of drug-likeness (QED) is 0.790. The van der Waals surface area contributed by atoms with Crippen LogP contribution in [-0.4, -0.2) is 59.5 Å². The highest BCUT2D eigenvalue weighted by Crippen LogP contribution is 2.34. The van der Waals surface area contributed by atoms with E-state index in [-0.39, 0.29) is 36.5 Å². The van der Waals surface area contributed by atoms with E-state index in [2.05, 4.69) is 5.32 Å². The number of hydrogen-bond acceptors (Lipinski definition) is 5. The zero-order chi connectivity index (χ0) is 21.3. The summed E-state index contributed by atoms with van der Waals surface area (Å²) in [6.45, 7) is 5.58. The van der Waals surface area contributed by atoms with Gasteiger partial charge < -0.3 is 24.6 Å². The van der Waals surface area contributed by atoms with E-state index in [4.69, 9.17) is 9.47 Å². The lowest BCUT2D eigenvalue weighted by molar-refractivity contribution is -0.143. The van der Waals surface area contributed by atoms with Gasteiger partial charge in [0.25, 0.3) is 0 Å². The highest BCUT2D eigenvalue weighted by Gasteiger charge is 2.39. The number of fused-ring (bicyclic) bond motifs is 1. The normalized spacial score (nSPS) is 21.4. The first kappa shape index (κ1) is 20.5. The van der Waals surface area contributed by atoms with Crippen molar-refractivity contribution < 1.29 is 23.9 Å². The molecule has 1 unspecified atom stereocenters. The van der Waals surface area contributed by atoms with Gasteiger partial charge in [0.15, 0.2) is 11.5 Å². The number of likely N-dealkylation sites (tertiary alicyclic amines) is 2. The standard InChI is InChI=1S/C22H29N3O5/c1-14(2)23-21(27)16-7-9-24(10-8-16)22(28)17-4-6-20(26)25(17)12-15-3-5-18-19(11-15)30-13-29-18/h3,5,11,14,16-17H,4,6-10,12-13H2,1-2H3,(H,23,27). The first-order valence-electron chi connectivity index (χ1n) is 10.7. The molecule has 3 heterocycles. The van der Waals surface area contributed by atoms with Crippen molar-refractivity contribution in [1.29, 1.82) is 0 Å². The summed E-state index contributed by atoms with van der Waals surface area (Å²) in [5.74, 6) is 1.37. The Morgan fingerprint density at radius 2 is 1.87 bits per heavy atom. The van der Waals surface area contributed by atoms with E-state index >= 15 is 0 Å². The van der Waals surface area contributed by atoms with Crippen molar-refractivity contribution in [2.75, 3.05) is 19.9 Å². The van der Waals surface area contributed by atoms with E-state index in [1.165, 1.54) is 0 Å². The maximum Gasteiger partial charge on any atom is 0.245 e. The fraction of sp³-hybridized carbons (Fsp3) is 0.591. The Bertz CT molecular complexity index is 832. The van der Waals surface area contributed by atoms with Crippen molar-refractivity contribution in [1.82, 2.24) is 15.1 Å². The highest BCUT2D eigenvalue weighted by atomic mass is 16.7. The van der Waals surface area contributed by atoms with Crippen LogP contribution in [0.3, 0.4) is 0 Å². The lowest BCUT2D eigenvalue weighted by Gasteiger charge is -2.35. The molecule has 0 radical (unpaired) electrons. The van der Waals surface area contributed by atoms with E-state index in [9.17, 15) is 14.4 Å². The van der Waals surface area contributed by atoms with Gasteiger partial charge >= 0.3 is 0 Å². The summed E-state index contributed by atoms with van der Waals surface area (Å²) >= 11 is 0. The second-order valence-electron chi connectivity index (χ2n) is 8.53. The first-order valence-corrected chi connectivity index (χ1v) is 10.7. The van der Waals surface area contributed by atoms with Gasteiger partial charge in [-0.25, -0.2) is 0 Å². The van der Waals surface area contributed by atoms with Gasteiger partial charge in [-0.15, -0.1) is 0 Å². The average molecular weight is 415 g/mol. The Kier molecular flexibility index (Phi) is 5.83. The van der Waals surface area contributed by atoms with Crippen LogP contribution in [0, 0.1) is 5.92 Å². The van der Waals surface area contributed by atoms with E-state index in [1.54, 1.807) is 4.90 Å². The SMILES string of the molecule is CC(C)NC(=O)C1CCN(C(=O)C2CCC(=O)N2Cc2ccc3c(c2)OCO3)CC1. The molecule has 1 atom stereocenters. The molecule has 8 heteroatoms. The summed E-state index contributed by atoms with van der Waals surface area (Å²) in [7, 11) is 0. The summed E-state index contributed by atoms with van der Waals surface area (Å²) in [4.78, 5) is 41.4. The summed E-state index contributed by atoms with van der Waals surface area (Å²) in [5, 5.41) is 2.96. The number of carbonyl (C=O) groups is 3. The molecule has 1 aromatic carbocycles. The van der Waals surface area contributed by atoms with Gasteiger partial charge in [0.05, 0.1) is 0 Å². The zero-order valence-electron chi connectivity index (χ0n) is 17.6. The van der Waals surface area contributed by atoms with E-state index in [1.807, 2.05) is 36.9 Å². The van der Waals surface area contributed by atoms with Crippen molar-refractivity contribution in [2.24, 2.45) is 5.92 Å². The minimum Gasteiger partial charge on any atom is -0.454 e. The topological polar surface area (TPSA) is 88.2 Å². The summed E-state index contributed by atoms with van der Waals surface area (Å²) in [6.07, 6.45) is 2.24. The molecule has 1 aromatic rings. The van der Waals surface area contributed by atoms with Crippen LogP contribution >= 0.6 is 0 Å². The van der Waals surface area contributed by atoms with Crippen LogP contribution in [0.15, 0.2) is 18.2 Å². The van der Waals surface area contributed by atoms with E-state index < -0.39 is 6.04 Å². The van der Waals surface area contributed by atoms with Gasteiger partial charge in [-0.05, 0) is 50.8 Å².